The first kappa shape index (κ1) is 11.3. The van der Waals surface area contributed by atoms with Crippen LogP contribution in [-0.4, -0.2) is 18.6 Å². The maximum absolute atomic E-state index is 11.2. The molecule has 0 aromatic carbocycles. The quantitative estimate of drug-likeness (QED) is 0.715. The van der Waals surface area contributed by atoms with Gasteiger partial charge in [0.2, 0.25) is 0 Å². The Morgan fingerprint density at radius 1 is 1.36 bits per heavy atom. The minimum atomic E-state index is -0.0296. The van der Waals surface area contributed by atoms with Crippen LogP contribution >= 0.6 is 0 Å². The van der Waals surface area contributed by atoms with Gasteiger partial charge in [0, 0.05) is 12.6 Å². The average molecular weight is 198 g/mol. The average Bonchev–Trinajstić information content (AvgIpc) is 2.55. The summed E-state index contributed by atoms with van der Waals surface area (Å²) in [5.74, 6) is 0.856. The summed E-state index contributed by atoms with van der Waals surface area (Å²) in [5, 5.41) is 5.71. The summed E-state index contributed by atoms with van der Waals surface area (Å²) < 4.78 is 0. The number of amides is 2. The van der Waals surface area contributed by atoms with Crippen LogP contribution in [0.2, 0.25) is 0 Å². The molecule has 1 rings (SSSR count). The van der Waals surface area contributed by atoms with Gasteiger partial charge in [0.1, 0.15) is 0 Å². The van der Waals surface area contributed by atoms with Gasteiger partial charge in [-0.25, -0.2) is 4.79 Å². The van der Waals surface area contributed by atoms with E-state index in [1.54, 1.807) is 0 Å². The number of carbonyl (C=O) groups excluding carboxylic acids is 1. The molecule has 1 saturated carbocycles. The molecule has 2 N–H and O–H groups in total. The fourth-order valence-electron chi connectivity index (χ4n) is 2.00. The number of rotatable bonds is 4. The van der Waals surface area contributed by atoms with Gasteiger partial charge in [-0.3, -0.25) is 0 Å². The third-order valence-electron chi connectivity index (χ3n) is 2.73. The smallest absolute Gasteiger partial charge is 0.314 e. The summed E-state index contributed by atoms with van der Waals surface area (Å²) in [4.78, 5) is 11.2. The van der Waals surface area contributed by atoms with E-state index >= 15 is 0 Å². The lowest BCUT2D eigenvalue weighted by Crippen LogP contribution is -2.40. The first-order valence-electron chi connectivity index (χ1n) is 5.73. The zero-order valence-electron chi connectivity index (χ0n) is 9.31. The molecule has 0 aromatic heterocycles. The molecule has 2 amide bonds. The van der Waals surface area contributed by atoms with Gasteiger partial charge in [-0.2, -0.15) is 0 Å². The number of carbonyl (C=O) groups is 1. The molecule has 0 spiro atoms. The van der Waals surface area contributed by atoms with Crippen LogP contribution in [0.3, 0.4) is 0 Å². The van der Waals surface area contributed by atoms with Crippen molar-refractivity contribution in [3.8, 4) is 0 Å². The fraction of sp³-hybridized carbons (Fsp3) is 0.909. The van der Waals surface area contributed by atoms with Crippen molar-refractivity contribution >= 4 is 6.03 Å². The van der Waals surface area contributed by atoms with Crippen molar-refractivity contribution < 1.29 is 4.79 Å². The van der Waals surface area contributed by atoms with E-state index in [1.165, 1.54) is 25.7 Å². The molecular weight excluding hydrogens is 176 g/mol. The second kappa shape index (κ2) is 5.89. The Bertz CT molecular complexity index is 174. The number of urea groups is 1. The van der Waals surface area contributed by atoms with Crippen molar-refractivity contribution in [3.05, 3.63) is 0 Å². The van der Waals surface area contributed by atoms with Gasteiger partial charge in [0.25, 0.3) is 0 Å². The second-order valence-corrected chi connectivity index (χ2v) is 4.49. The zero-order chi connectivity index (χ0) is 10.4. The van der Waals surface area contributed by atoms with E-state index in [1.807, 2.05) is 13.8 Å². The van der Waals surface area contributed by atoms with Crippen molar-refractivity contribution in [3.63, 3.8) is 0 Å². The Morgan fingerprint density at radius 2 is 2.00 bits per heavy atom. The predicted octanol–water partition coefficient (Wildman–Crippen LogP) is 2.27. The Hall–Kier alpha value is -0.730. The van der Waals surface area contributed by atoms with Crippen molar-refractivity contribution in [1.82, 2.24) is 10.6 Å². The van der Waals surface area contributed by atoms with Crippen molar-refractivity contribution in [2.45, 2.75) is 52.0 Å². The predicted molar refractivity (Wildman–Crippen MR) is 58.2 cm³/mol. The standard InChI is InChI=1S/C11H22N2O/c1-9(2)13-11(14)12-8-7-10-5-3-4-6-10/h9-10H,3-8H2,1-2H3,(H2,12,13,14). The van der Waals surface area contributed by atoms with E-state index in [4.69, 9.17) is 0 Å². The molecule has 0 atom stereocenters. The normalized spacial score (nSPS) is 17.4. The lowest BCUT2D eigenvalue weighted by atomic mass is 10.0. The van der Waals surface area contributed by atoms with E-state index < -0.39 is 0 Å². The summed E-state index contributed by atoms with van der Waals surface area (Å²) in [6, 6.07) is 0.194. The van der Waals surface area contributed by atoms with E-state index in [-0.39, 0.29) is 12.1 Å². The highest BCUT2D eigenvalue weighted by Crippen LogP contribution is 2.26. The Kier molecular flexibility index (Phi) is 4.77. The van der Waals surface area contributed by atoms with Gasteiger partial charge in [0.15, 0.2) is 0 Å². The van der Waals surface area contributed by atoms with Crippen LogP contribution in [-0.2, 0) is 0 Å². The summed E-state index contributed by atoms with van der Waals surface area (Å²) in [7, 11) is 0. The Labute approximate surface area is 86.6 Å². The zero-order valence-corrected chi connectivity index (χ0v) is 9.31. The van der Waals surface area contributed by atoms with Gasteiger partial charge in [-0.15, -0.1) is 0 Å². The van der Waals surface area contributed by atoms with Crippen LogP contribution in [0.25, 0.3) is 0 Å². The molecular formula is C11H22N2O. The van der Waals surface area contributed by atoms with Gasteiger partial charge < -0.3 is 10.6 Å². The Morgan fingerprint density at radius 3 is 2.57 bits per heavy atom. The number of hydrogen-bond acceptors (Lipinski definition) is 1. The van der Waals surface area contributed by atoms with Gasteiger partial charge in [0.05, 0.1) is 0 Å². The summed E-state index contributed by atoms with van der Waals surface area (Å²) in [6.07, 6.45) is 6.61. The molecule has 3 heteroatoms. The lowest BCUT2D eigenvalue weighted by Gasteiger charge is -2.12. The molecule has 0 unspecified atom stereocenters. The molecule has 0 heterocycles. The molecule has 14 heavy (non-hydrogen) atoms. The highest BCUT2D eigenvalue weighted by atomic mass is 16.2. The van der Waals surface area contributed by atoms with Crippen LogP contribution in [0.5, 0.6) is 0 Å². The van der Waals surface area contributed by atoms with Crippen LogP contribution in [0.4, 0.5) is 4.79 Å². The fourth-order valence-corrected chi connectivity index (χ4v) is 2.00. The maximum atomic E-state index is 11.2. The number of nitrogens with one attached hydrogen (secondary N) is 2. The molecule has 1 aliphatic carbocycles. The van der Waals surface area contributed by atoms with E-state index in [2.05, 4.69) is 10.6 Å². The topological polar surface area (TPSA) is 41.1 Å². The molecule has 0 radical (unpaired) electrons. The summed E-state index contributed by atoms with van der Waals surface area (Å²) >= 11 is 0. The van der Waals surface area contributed by atoms with Crippen LogP contribution in [0, 0.1) is 5.92 Å². The first-order valence-corrected chi connectivity index (χ1v) is 5.73. The van der Waals surface area contributed by atoms with E-state index in [9.17, 15) is 4.79 Å². The first-order chi connectivity index (χ1) is 6.68. The summed E-state index contributed by atoms with van der Waals surface area (Å²) in [5.41, 5.74) is 0. The Balaban J connectivity index is 1.99. The van der Waals surface area contributed by atoms with Crippen LogP contribution < -0.4 is 10.6 Å². The molecule has 0 aliphatic heterocycles. The van der Waals surface area contributed by atoms with Crippen LogP contribution in [0.1, 0.15) is 46.0 Å². The van der Waals surface area contributed by atoms with Gasteiger partial charge in [-0.05, 0) is 26.2 Å². The van der Waals surface area contributed by atoms with Gasteiger partial charge in [-0.1, -0.05) is 25.7 Å². The van der Waals surface area contributed by atoms with E-state index in [0.29, 0.717) is 0 Å². The lowest BCUT2D eigenvalue weighted by molar-refractivity contribution is 0.237. The van der Waals surface area contributed by atoms with Crippen molar-refractivity contribution in [2.75, 3.05) is 6.54 Å². The molecule has 0 aromatic rings. The second-order valence-electron chi connectivity index (χ2n) is 4.49. The van der Waals surface area contributed by atoms with E-state index in [0.717, 1.165) is 18.9 Å². The number of hydrogen-bond donors (Lipinski definition) is 2. The molecule has 82 valence electrons. The van der Waals surface area contributed by atoms with Crippen LogP contribution in [0.15, 0.2) is 0 Å². The third kappa shape index (κ3) is 4.49. The SMILES string of the molecule is CC(C)NC(=O)NCCC1CCCC1. The monoisotopic (exact) mass is 198 g/mol. The molecule has 1 aliphatic rings. The maximum Gasteiger partial charge on any atom is 0.314 e. The highest BCUT2D eigenvalue weighted by molar-refractivity contribution is 5.73. The minimum absolute atomic E-state index is 0.0296. The molecule has 0 bridgehead atoms. The highest BCUT2D eigenvalue weighted by Gasteiger charge is 2.14. The largest absolute Gasteiger partial charge is 0.338 e. The van der Waals surface area contributed by atoms with Crippen molar-refractivity contribution in [2.24, 2.45) is 5.92 Å². The third-order valence-corrected chi connectivity index (χ3v) is 2.73. The minimum Gasteiger partial charge on any atom is -0.338 e. The van der Waals surface area contributed by atoms with Gasteiger partial charge >= 0.3 is 6.03 Å². The summed E-state index contributed by atoms with van der Waals surface area (Å²) in [6.45, 7) is 4.76. The molecule has 3 nitrogen and oxygen atoms in total. The molecule has 0 saturated heterocycles. The molecule has 1 fully saturated rings. The van der Waals surface area contributed by atoms with Crippen molar-refractivity contribution in [1.29, 1.82) is 0 Å².